The van der Waals surface area contributed by atoms with Crippen LogP contribution < -0.4 is 10.6 Å². The standard InChI is InChI=1S/C19H17BrClN5O2S/c1-19(2)16(27)25-18(28)26(19)7-6-22-17-23-9-11(20)14(24-17)13-8-10-4-3-5-12(21)15(10)29-13/h3-5,8-9H,6-7H2,1-2H3,(H,22,23,24)(H,25,27,28). The Morgan fingerprint density at radius 1 is 1.34 bits per heavy atom. The monoisotopic (exact) mass is 493 g/mol. The summed E-state index contributed by atoms with van der Waals surface area (Å²) in [5.74, 6) is 0.142. The Bertz CT molecular complexity index is 1130. The Hall–Kier alpha value is -2.23. The Kier molecular flexibility index (Phi) is 5.22. The first-order chi connectivity index (χ1) is 13.8. The van der Waals surface area contributed by atoms with Gasteiger partial charge in [-0.2, -0.15) is 0 Å². The number of imide groups is 1. The number of thiophene rings is 1. The molecule has 29 heavy (non-hydrogen) atoms. The van der Waals surface area contributed by atoms with Gasteiger partial charge in [0.15, 0.2) is 0 Å². The number of amides is 3. The molecule has 0 saturated carbocycles. The Morgan fingerprint density at radius 2 is 2.14 bits per heavy atom. The van der Waals surface area contributed by atoms with Crippen molar-refractivity contribution in [3.05, 3.63) is 40.0 Å². The van der Waals surface area contributed by atoms with Crippen LogP contribution in [0.1, 0.15) is 13.8 Å². The number of rotatable bonds is 5. The van der Waals surface area contributed by atoms with Gasteiger partial charge in [0.05, 0.1) is 19.1 Å². The lowest BCUT2D eigenvalue weighted by atomic mass is 10.0. The molecule has 0 bridgehead atoms. The van der Waals surface area contributed by atoms with E-state index in [-0.39, 0.29) is 11.9 Å². The minimum Gasteiger partial charge on any atom is -0.352 e. The van der Waals surface area contributed by atoms with Crippen LogP contribution in [-0.4, -0.2) is 45.4 Å². The van der Waals surface area contributed by atoms with Crippen LogP contribution in [0, 0.1) is 0 Å². The van der Waals surface area contributed by atoms with E-state index >= 15 is 0 Å². The van der Waals surface area contributed by atoms with Crippen molar-refractivity contribution < 1.29 is 9.59 Å². The summed E-state index contributed by atoms with van der Waals surface area (Å²) in [7, 11) is 0. The first kappa shape index (κ1) is 20.1. The summed E-state index contributed by atoms with van der Waals surface area (Å²) in [6.07, 6.45) is 1.69. The van der Waals surface area contributed by atoms with Gasteiger partial charge in [0.2, 0.25) is 5.95 Å². The number of carbonyl (C=O) groups excluding carboxylic acids is 2. The van der Waals surface area contributed by atoms with Crippen molar-refractivity contribution in [3.63, 3.8) is 0 Å². The number of anilines is 1. The van der Waals surface area contributed by atoms with Crippen LogP contribution in [0.15, 0.2) is 34.9 Å². The fourth-order valence-electron chi connectivity index (χ4n) is 3.12. The van der Waals surface area contributed by atoms with Crippen LogP contribution in [0.4, 0.5) is 10.7 Å². The zero-order chi connectivity index (χ0) is 20.8. The molecule has 1 aliphatic rings. The predicted octanol–water partition coefficient (Wildman–Crippen LogP) is 4.52. The molecule has 1 aliphatic heterocycles. The molecule has 3 aromatic rings. The normalized spacial score (nSPS) is 15.8. The van der Waals surface area contributed by atoms with Crippen molar-refractivity contribution in [3.8, 4) is 10.6 Å². The fraction of sp³-hybridized carbons (Fsp3) is 0.263. The molecular weight excluding hydrogens is 478 g/mol. The van der Waals surface area contributed by atoms with Crippen molar-refractivity contribution in [1.29, 1.82) is 0 Å². The van der Waals surface area contributed by atoms with Gasteiger partial charge < -0.3 is 10.2 Å². The van der Waals surface area contributed by atoms with E-state index in [1.165, 1.54) is 4.90 Å². The maximum atomic E-state index is 12.0. The number of halogens is 2. The largest absolute Gasteiger partial charge is 0.352 e. The van der Waals surface area contributed by atoms with Crippen LogP contribution in [0.3, 0.4) is 0 Å². The number of nitrogens with zero attached hydrogens (tertiary/aromatic N) is 3. The predicted molar refractivity (Wildman–Crippen MR) is 118 cm³/mol. The van der Waals surface area contributed by atoms with E-state index < -0.39 is 5.54 Å². The highest BCUT2D eigenvalue weighted by Crippen LogP contribution is 2.39. The van der Waals surface area contributed by atoms with Crippen molar-refractivity contribution >= 4 is 66.8 Å². The van der Waals surface area contributed by atoms with E-state index in [1.54, 1.807) is 31.4 Å². The molecule has 2 N–H and O–H groups in total. The lowest BCUT2D eigenvalue weighted by molar-refractivity contribution is -0.125. The van der Waals surface area contributed by atoms with Crippen LogP contribution in [-0.2, 0) is 4.79 Å². The molecule has 10 heteroatoms. The average Bonchev–Trinajstić information content (AvgIpc) is 3.18. The SMILES string of the molecule is CC1(C)C(=O)NC(=O)N1CCNc1ncc(Br)c(-c2cc3cccc(Cl)c3s2)n1. The fourth-order valence-corrected chi connectivity index (χ4v) is 5.03. The third-order valence-corrected chi connectivity index (χ3v) is 6.99. The summed E-state index contributed by atoms with van der Waals surface area (Å²) in [6, 6.07) is 7.46. The maximum absolute atomic E-state index is 12.0. The number of nitrogens with one attached hydrogen (secondary N) is 2. The number of benzene rings is 1. The molecule has 0 spiro atoms. The molecule has 4 rings (SSSR count). The summed E-state index contributed by atoms with van der Waals surface area (Å²) in [4.78, 5) is 35.2. The smallest absolute Gasteiger partial charge is 0.325 e. The highest BCUT2D eigenvalue weighted by molar-refractivity contribution is 9.10. The van der Waals surface area contributed by atoms with E-state index in [9.17, 15) is 9.59 Å². The second kappa shape index (κ2) is 7.55. The number of urea groups is 1. The summed E-state index contributed by atoms with van der Waals surface area (Å²) in [6.45, 7) is 4.18. The summed E-state index contributed by atoms with van der Waals surface area (Å²) in [5, 5.41) is 7.24. The minimum atomic E-state index is -0.874. The number of hydrogen-bond donors (Lipinski definition) is 2. The first-order valence-corrected chi connectivity index (χ1v) is 10.8. The van der Waals surface area contributed by atoms with Gasteiger partial charge in [0.1, 0.15) is 11.2 Å². The molecule has 1 saturated heterocycles. The van der Waals surface area contributed by atoms with Crippen molar-refractivity contribution in [2.45, 2.75) is 19.4 Å². The lowest BCUT2D eigenvalue weighted by Crippen LogP contribution is -2.46. The van der Waals surface area contributed by atoms with E-state index in [2.05, 4.69) is 36.5 Å². The molecule has 3 heterocycles. The highest BCUT2D eigenvalue weighted by Gasteiger charge is 2.45. The van der Waals surface area contributed by atoms with Crippen molar-refractivity contribution in [2.24, 2.45) is 0 Å². The first-order valence-electron chi connectivity index (χ1n) is 8.85. The van der Waals surface area contributed by atoms with E-state index in [0.29, 0.717) is 24.1 Å². The molecule has 0 atom stereocenters. The summed E-state index contributed by atoms with van der Waals surface area (Å²) >= 11 is 11.4. The Morgan fingerprint density at radius 3 is 2.83 bits per heavy atom. The molecular formula is C19H17BrClN5O2S. The van der Waals surface area contributed by atoms with Gasteiger partial charge in [-0.05, 0) is 47.3 Å². The van der Waals surface area contributed by atoms with Gasteiger partial charge in [-0.15, -0.1) is 11.3 Å². The van der Waals surface area contributed by atoms with Gasteiger partial charge in [0.25, 0.3) is 5.91 Å². The molecule has 2 aromatic heterocycles. The van der Waals surface area contributed by atoms with Gasteiger partial charge in [-0.3, -0.25) is 10.1 Å². The maximum Gasteiger partial charge on any atom is 0.325 e. The minimum absolute atomic E-state index is 0.298. The zero-order valence-corrected chi connectivity index (χ0v) is 18.8. The summed E-state index contributed by atoms with van der Waals surface area (Å²) in [5.41, 5.74) is -0.116. The molecule has 1 aromatic carbocycles. The average molecular weight is 495 g/mol. The number of fused-ring (bicyclic) bond motifs is 1. The summed E-state index contributed by atoms with van der Waals surface area (Å²) < 4.78 is 1.78. The van der Waals surface area contributed by atoms with E-state index in [0.717, 1.165) is 25.1 Å². The van der Waals surface area contributed by atoms with Gasteiger partial charge >= 0.3 is 6.03 Å². The topological polar surface area (TPSA) is 87.2 Å². The van der Waals surface area contributed by atoms with Crippen LogP contribution in [0.2, 0.25) is 5.02 Å². The number of aromatic nitrogens is 2. The van der Waals surface area contributed by atoms with Crippen LogP contribution >= 0.6 is 38.9 Å². The van der Waals surface area contributed by atoms with Crippen LogP contribution in [0.25, 0.3) is 20.7 Å². The van der Waals surface area contributed by atoms with Crippen molar-refractivity contribution in [2.75, 3.05) is 18.4 Å². The molecule has 0 unspecified atom stereocenters. The van der Waals surface area contributed by atoms with E-state index in [1.807, 2.05) is 24.3 Å². The zero-order valence-electron chi connectivity index (χ0n) is 15.6. The molecule has 150 valence electrons. The number of hydrogen-bond acceptors (Lipinski definition) is 6. The lowest BCUT2D eigenvalue weighted by Gasteiger charge is -2.27. The second-order valence-electron chi connectivity index (χ2n) is 7.06. The second-order valence-corrected chi connectivity index (χ2v) is 9.37. The van der Waals surface area contributed by atoms with Gasteiger partial charge in [0, 0.05) is 19.3 Å². The quantitative estimate of drug-likeness (QED) is 0.509. The van der Waals surface area contributed by atoms with Gasteiger partial charge in [-0.25, -0.2) is 14.8 Å². The molecule has 7 nitrogen and oxygen atoms in total. The Labute approximate surface area is 184 Å². The molecule has 1 fully saturated rings. The Balaban J connectivity index is 1.52. The van der Waals surface area contributed by atoms with Crippen LogP contribution in [0.5, 0.6) is 0 Å². The highest BCUT2D eigenvalue weighted by atomic mass is 79.9. The van der Waals surface area contributed by atoms with E-state index in [4.69, 9.17) is 11.6 Å². The van der Waals surface area contributed by atoms with Crippen molar-refractivity contribution in [1.82, 2.24) is 20.2 Å². The molecule has 3 amide bonds. The third kappa shape index (κ3) is 3.70. The molecule has 0 radical (unpaired) electrons. The number of carbonyl (C=O) groups is 2. The third-order valence-electron chi connectivity index (χ3n) is 4.79. The van der Waals surface area contributed by atoms with Gasteiger partial charge in [-0.1, -0.05) is 23.7 Å². The molecule has 0 aliphatic carbocycles.